The van der Waals surface area contributed by atoms with Crippen LogP contribution in [0.25, 0.3) is 0 Å². The number of benzene rings is 1. The van der Waals surface area contributed by atoms with Crippen LogP contribution in [-0.2, 0) is 12.7 Å². The SMILES string of the molecule is Cc1cc(C[N+]23CN4CN(CN(C4)C2)C3)cc(C(F)(F)F)c1. The minimum atomic E-state index is -4.27. The molecule has 4 aliphatic heterocycles. The van der Waals surface area contributed by atoms with Crippen molar-refractivity contribution < 1.29 is 17.7 Å². The molecule has 22 heavy (non-hydrogen) atoms. The largest absolute Gasteiger partial charge is 0.416 e. The molecule has 4 saturated heterocycles. The average Bonchev–Trinajstić information content (AvgIpc) is 2.34. The van der Waals surface area contributed by atoms with Gasteiger partial charge in [-0.2, -0.15) is 13.2 Å². The zero-order valence-electron chi connectivity index (χ0n) is 12.6. The number of nitrogens with zero attached hydrogens (tertiary/aromatic N) is 4. The van der Waals surface area contributed by atoms with Crippen LogP contribution in [0.3, 0.4) is 0 Å². The van der Waals surface area contributed by atoms with Crippen molar-refractivity contribution in [3.8, 4) is 0 Å². The number of quaternary nitrogens is 1. The summed E-state index contributed by atoms with van der Waals surface area (Å²) in [4.78, 5) is 7.12. The number of halogens is 3. The molecule has 7 heteroatoms. The molecule has 0 radical (unpaired) electrons. The summed E-state index contributed by atoms with van der Waals surface area (Å²) in [5.41, 5.74) is 0.940. The van der Waals surface area contributed by atoms with Crippen molar-refractivity contribution in [1.82, 2.24) is 14.7 Å². The molecular weight excluding hydrogens is 293 g/mol. The van der Waals surface area contributed by atoms with Crippen LogP contribution in [0.1, 0.15) is 16.7 Å². The van der Waals surface area contributed by atoms with E-state index in [0.717, 1.165) is 50.1 Å². The first kappa shape index (κ1) is 14.4. The molecule has 0 aliphatic carbocycles. The summed E-state index contributed by atoms with van der Waals surface area (Å²) in [6.07, 6.45) is -4.27. The smallest absolute Gasteiger partial charge is 0.282 e. The van der Waals surface area contributed by atoms with Gasteiger partial charge >= 0.3 is 6.18 Å². The lowest BCUT2D eigenvalue weighted by Crippen LogP contribution is -2.78. The average molecular weight is 313 g/mol. The molecule has 4 bridgehead atoms. The molecular formula is C15H20F3N4+. The van der Waals surface area contributed by atoms with Crippen LogP contribution in [0.5, 0.6) is 0 Å². The van der Waals surface area contributed by atoms with Gasteiger partial charge < -0.3 is 0 Å². The van der Waals surface area contributed by atoms with Crippen LogP contribution in [0.15, 0.2) is 18.2 Å². The Balaban J connectivity index is 1.62. The van der Waals surface area contributed by atoms with Gasteiger partial charge in [-0.3, -0.25) is 4.48 Å². The fourth-order valence-corrected chi connectivity index (χ4v) is 4.31. The van der Waals surface area contributed by atoms with Gasteiger partial charge in [0.25, 0.3) is 0 Å². The van der Waals surface area contributed by atoms with E-state index in [1.165, 1.54) is 12.1 Å². The van der Waals surface area contributed by atoms with E-state index in [9.17, 15) is 13.2 Å². The first-order valence-corrected chi connectivity index (χ1v) is 7.51. The lowest BCUT2D eigenvalue weighted by Gasteiger charge is -2.60. The molecule has 0 spiro atoms. The number of alkyl halides is 3. The zero-order chi connectivity index (χ0) is 15.5. The summed E-state index contributed by atoms with van der Waals surface area (Å²) in [5, 5.41) is 0. The zero-order valence-corrected chi connectivity index (χ0v) is 12.6. The van der Waals surface area contributed by atoms with Gasteiger partial charge in [-0.25, -0.2) is 14.7 Å². The molecule has 0 unspecified atom stereocenters. The van der Waals surface area contributed by atoms with E-state index in [-0.39, 0.29) is 0 Å². The second-order valence-corrected chi connectivity index (χ2v) is 7.07. The Morgan fingerprint density at radius 2 is 1.50 bits per heavy atom. The topological polar surface area (TPSA) is 9.72 Å². The highest BCUT2D eigenvalue weighted by Crippen LogP contribution is 2.34. The van der Waals surface area contributed by atoms with Gasteiger partial charge in [0.2, 0.25) is 0 Å². The first-order chi connectivity index (χ1) is 10.3. The van der Waals surface area contributed by atoms with Gasteiger partial charge in [0.05, 0.1) is 25.6 Å². The number of rotatable bonds is 2. The van der Waals surface area contributed by atoms with Crippen LogP contribution in [0.4, 0.5) is 13.2 Å². The molecule has 0 atom stereocenters. The fourth-order valence-electron chi connectivity index (χ4n) is 4.31. The predicted octanol–water partition coefficient (Wildman–Crippen LogP) is 2.02. The predicted molar refractivity (Wildman–Crippen MR) is 74.9 cm³/mol. The van der Waals surface area contributed by atoms with Crippen molar-refractivity contribution in [3.05, 3.63) is 34.9 Å². The highest BCUT2D eigenvalue weighted by molar-refractivity contribution is 5.30. The molecule has 5 rings (SSSR count). The van der Waals surface area contributed by atoms with E-state index < -0.39 is 11.7 Å². The summed E-state index contributed by atoms with van der Waals surface area (Å²) in [7, 11) is 0. The van der Waals surface area contributed by atoms with E-state index in [0.29, 0.717) is 12.1 Å². The molecule has 4 aliphatic rings. The third-order valence-electron chi connectivity index (χ3n) is 4.68. The molecule has 4 fully saturated rings. The van der Waals surface area contributed by atoms with E-state index in [4.69, 9.17) is 0 Å². The van der Waals surface area contributed by atoms with Crippen molar-refractivity contribution in [2.24, 2.45) is 0 Å². The minimum Gasteiger partial charge on any atom is -0.282 e. The number of hydrogen-bond donors (Lipinski definition) is 0. The highest BCUT2D eigenvalue weighted by atomic mass is 19.4. The monoisotopic (exact) mass is 313 g/mol. The Morgan fingerprint density at radius 3 is 2.00 bits per heavy atom. The van der Waals surface area contributed by atoms with Gasteiger partial charge in [0.1, 0.15) is 26.6 Å². The second kappa shape index (κ2) is 4.67. The van der Waals surface area contributed by atoms with Crippen LogP contribution >= 0.6 is 0 Å². The van der Waals surface area contributed by atoms with E-state index >= 15 is 0 Å². The maximum Gasteiger partial charge on any atom is 0.416 e. The molecule has 4 heterocycles. The standard InChI is InChI=1S/C15H20F3N4/c1-12-2-13(4-14(3-12)15(16,17)18)5-22-9-19-6-20(10-22)8-21(7-19)11-22/h2-4H,5-11H2,1H3/q+1. The molecule has 0 aromatic heterocycles. The highest BCUT2D eigenvalue weighted by Gasteiger charge is 2.48. The Bertz CT molecular complexity index is 564. The number of hydrogen-bond acceptors (Lipinski definition) is 3. The van der Waals surface area contributed by atoms with E-state index in [1.54, 1.807) is 6.92 Å². The first-order valence-electron chi connectivity index (χ1n) is 7.51. The maximum atomic E-state index is 13.0. The molecule has 0 N–H and O–H groups in total. The molecule has 0 amide bonds. The third kappa shape index (κ3) is 2.52. The summed E-state index contributed by atoms with van der Waals surface area (Å²) in [5.74, 6) is 0. The van der Waals surface area contributed by atoms with Crippen LogP contribution in [0.2, 0.25) is 0 Å². The minimum absolute atomic E-state index is 0.530. The normalized spacial score (nSPS) is 36.8. The van der Waals surface area contributed by atoms with Crippen LogP contribution in [-0.4, -0.2) is 59.2 Å². The Morgan fingerprint density at radius 1 is 0.955 bits per heavy atom. The summed E-state index contributed by atoms with van der Waals surface area (Å²) in [6, 6.07) is 4.45. The van der Waals surface area contributed by atoms with Gasteiger partial charge in [0.15, 0.2) is 0 Å². The van der Waals surface area contributed by atoms with Gasteiger partial charge in [-0.15, -0.1) is 0 Å². The quantitative estimate of drug-likeness (QED) is 0.774. The Kier molecular flexibility index (Phi) is 3.07. The van der Waals surface area contributed by atoms with Crippen LogP contribution in [0, 0.1) is 6.92 Å². The van der Waals surface area contributed by atoms with E-state index in [1.807, 2.05) is 6.07 Å². The van der Waals surface area contributed by atoms with Crippen LogP contribution < -0.4 is 0 Å². The molecule has 120 valence electrons. The van der Waals surface area contributed by atoms with Crippen molar-refractivity contribution in [2.75, 3.05) is 40.0 Å². The van der Waals surface area contributed by atoms with Crippen molar-refractivity contribution in [1.29, 1.82) is 0 Å². The lowest BCUT2D eigenvalue weighted by atomic mass is 10.0. The summed E-state index contributed by atoms with van der Waals surface area (Å²) < 4.78 is 39.9. The molecule has 1 aromatic rings. The van der Waals surface area contributed by atoms with Gasteiger partial charge in [-0.1, -0.05) is 11.6 Å². The van der Waals surface area contributed by atoms with Crippen molar-refractivity contribution >= 4 is 0 Å². The lowest BCUT2D eigenvalue weighted by molar-refractivity contribution is -0.991. The molecule has 4 nitrogen and oxygen atoms in total. The van der Waals surface area contributed by atoms with E-state index in [2.05, 4.69) is 14.7 Å². The fraction of sp³-hybridized carbons (Fsp3) is 0.600. The molecule has 0 saturated carbocycles. The second-order valence-electron chi connectivity index (χ2n) is 7.07. The van der Waals surface area contributed by atoms with Crippen molar-refractivity contribution in [2.45, 2.75) is 19.6 Å². The number of aryl methyl sites for hydroxylation is 1. The summed E-state index contributed by atoms with van der Waals surface area (Å²) >= 11 is 0. The molecule has 1 aromatic carbocycles. The third-order valence-corrected chi connectivity index (χ3v) is 4.68. The Labute approximate surface area is 127 Å². The maximum absolute atomic E-state index is 13.0. The summed E-state index contributed by atoms with van der Waals surface area (Å²) in [6.45, 7) is 8.15. The Hall–Kier alpha value is -1.15. The van der Waals surface area contributed by atoms with Gasteiger partial charge in [-0.05, 0) is 19.1 Å². The van der Waals surface area contributed by atoms with Gasteiger partial charge in [0, 0.05) is 5.56 Å². The van der Waals surface area contributed by atoms with Crippen molar-refractivity contribution in [3.63, 3.8) is 0 Å².